The van der Waals surface area contributed by atoms with Crippen molar-refractivity contribution in [2.75, 3.05) is 0 Å². The molecule has 0 bridgehead atoms. The maximum absolute atomic E-state index is 12.5. The van der Waals surface area contributed by atoms with Gasteiger partial charge >= 0.3 is 5.76 Å². The molecule has 9 heteroatoms. The lowest BCUT2D eigenvalue weighted by Gasteiger charge is -2.05. The Morgan fingerprint density at radius 2 is 2.04 bits per heavy atom. The van der Waals surface area contributed by atoms with Gasteiger partial charge in [-0.1, -0.05) is 19.0 Å². The fourth-order valence-corrected chi connectivity index (χ4v) is 3.49. The van der Waals surface area contributed by atoms with Crippen LogP contribution in [0.25, 0.3) is 11.1 Å². The Morgan fingerprint density at radius 1 is 1.28 bits per heavy atom. The van der Waals surface area contributed by atoms with Gasteiger partial charge in [0.1, 0.15) is 0 Å². The van der Waals surface area contributed by atoms with Crippen molar-refractivity contribution in [2.45, 2.75) is 31.7 Å². The van der Waals surface area contributed by atoms with Crippen molar-refractivity contribution in [1.82, 2.24) is 14.4 Å². The van der Waals surface area contributed by atoms with Gasteiger partial charge in [-0.05, 0) is 30.5 Å². The molecule has 0 atom stereocenters. The van der Waals surface area contributed by atoms with Gasteiger partial charge in [-0.15, -0.1) is 0 Å². The number of nitrogens with zero attached hydrogens (tertiary/aromatic N) is 2. The highest BCUT2D eigenvalue weighted by molar-refractivity contribution is 7.89. The molecular formula is C16H19N3O5S. The van der Waals surface area contributed by atoms with Crippen LogP contribution >= 0.6 is 0 Å². The number of aromatic nitrogens is 2. The predicted octanol–water partition coefficient (Wildman–Crippen LogP) is 1.80. The Hall–Kier alpha value is -2.39. The highest BCUT2D eigenvalue weighted by atomic mass is 32.2. The minimum absolute atomic E-state index is 0.00418. The highest BCUT2D eigenvalue weighted by Gasteiger charge is 2.18. The van der Waals surface area contributed by atoms with Crippen molar-refractivity contribution < 1.29 is 17.4 Å². The number of sulfonamides is 1. The minimum atomic E-state index is -3.77. The second kappa shape index (κ2) is 6.49. The summed E-state index contributed by atoms with van der Waals surface area (Å²) in [6, 6.07) is 5.98. The maximum Gasteiger partial charge on any atom is 0.419 e. The van der Waals surface area contributed by atoms with E-state index in [1.165, 1.54) is 29.8 Å². The summed E-state index contributed by atoms with van der Waals surface area (Å²) in [7, 11) is -2.25. The van der Waals surface area contributed by atoms with E-state index in [2.05, 4.69) is 23.7 Å². The van der Waals surface area contributed by atoms with Crippen LogP contribution in [0.1, 0.15) is 25.3 Å². The third-order valence-corrected chi connectivity index (χ3v) is 5.13. The number of hydrogen-bond acceptors (Lipinski definition) is 6. The minimum Gasteiger partial charge on any atom is -0.408 e. The fraction of sp³-hybridized carbons (Fsp3) is 0.375. The van der Waals surface area contributed by atoms with Gasteiger partial charge in [0.25, 0.3) is 0 Å². The first kappa shape index (κ1) is 17.4. The number of hydrogen-bond donors (Lipinski definition) is 1. The second-order valence-corrected chi connectivity index (χ2v) is 8.03. The van der Waals surface area contributed by atoms with E-state index < -0.39 is 15.8 Å². The van der Waals surface area contributed by atoms with Crippen LogP contribution in [0.15, 0.2) is 42.9 Å². The molecule has 0 saturated heterocycles. The summed E-state index contributed by atoms with van der Waals surface area (Å²) >= 11 is 0. The Balaban J connectivity index is 1.78. The molecular weight excluding hydrogens is 346 g/mol. The number of oxazole rings is 1. The molecule has 3 aromatic rings. The van der Waals surface area contributed by atoms with Gasteiger partial charge in [0.15, 0.2) is 11.3 Å². The van der Waals surface area contributed by atoms with E-state index in [1.54, 1.807) is 6.07 Å². The molecule has 0 radical (unpaired) electrons. The van der Waals surface area contributed by atoms with Crippen molar-refractivity contribution in [3.8, 4) is 0 Å². The van der Waals surface area contributed by atoms with Crippen molar-refractivity contribution >= 4 is 21.1 Å². The van der Waals surface area contributed by atoms with E-state index in [4.69, 9.17) is 8.94 Å². The molecule has 1 aromatic carbocycles. The van der Waals surface area contributed by atoms with Gasteiger partial charge in [-0.2, -0.15) is 0 Å². The molecule has 0 spiro atoms. The SMILES string of the molecule is CC(C)Cc1cc(CNS(=O)(=O)c2ccc3oc(=O)n(C)c3c2)on1. The molecule has 2 heterocycles. The Labute approximate surface area is 144 Å². The van der Waals surface area contributed by atoms with Crippen LogP contribution in [-0.2, 0) is 30.0 Å². The first-order valence-corrected chi connectivity index (χ1v) is 9.28. The molecule has 0 fully saturated rings. The monoisotopic (exact) mass is 365 g/mol. The van der Waals surface area contributed by atoms with Crippen LogP contribution in [0.2, 0.25) is 0 Å². The molecule has 8 nitrogen and oxygen atoms in total. The van der Waals surface area contributed by atoms with Crippen molar-refractivity contribution in [1.29, 1.82) is 0 Å². The summed E-state index contributed by atoms with van der Waals surface area (Å²) < 4.78 is 38.8. The molecule has 0 saturated carbocycles. The Kier molecular flexibility index (Phi) is 4.53. The Bertz CT molecular complexity index is 1060. The predicted molar refractivity (Wildman–Crippen MR) is 90.5 cm³/mol. The van der Waals surface area contributed by atoms with E-state index >= 15 is 0 Å². The van der Waals surface area contributed by atoms with Gasteiger partial charge in [0.05, 0.1) is 22.7 Å². The first-order chi connectivity index (χ1) is 11.8. The van der Waals surface area contributed by atoms with Gasteiger partial charge in [-0.25, -0.2) is 17.9 Å². The number of rotatable bonds is 6. The normalized spacial score (nSPS) is 12.3. The van der Waals surface area contributed by atoms with Crippen LogP contribution in [0.3, 0.4) is 0 Å². The van der Waals surface area contributed by atoms with Crippen molar-refractivity contribution in [3.63, 3.8) is 0 Å². The van der Waals surface area contributed by atoms with Gasteiger partial charge in [0.2, 0.25) is 10.0 Å². The zero-order chi connectivity index (χ0) is 18.2. The van der Waals surface area contributed by atoms with E-state index in [1.807, 2.05) is 0 Å². The third kappa shape index (κ3) is 3.67. The number of aryl methyl sites for hydroxylation is 1. The lowest BCUT2D eigenvalue weighted by atomic mass is 10.1. The lowest BCUT2D eigenvalue weighted by molar-refractivity contribution is 0.372. The Morgan fingerprint density at radius 3 is 2.76 bits per heavy atom. The second-order valence-electron chi connectivity index (χ2n) is 6.26. The average Bonchev–Trinajstić information content (AvgIpc) is 3.10. The van der Waals surface area contributed by atoms with Crippen LogP contribution in [0.4, 0.5) is 0 Å². The molecule has 3 rings (SSSR count). The zero-order valence-corrected chi connectivity index (χ0v) is 15.0. The summed E-state index contributed by atoms with van der Waals surface area (Å²) in [5, 5.41) is 3.92. The summed E-state index contributed by atoms with van der Waals surface area (Å²) in [6.45, 7) is 4.13. The third-order valence-electron chi connectivity index (χ3n) is 3.73. The summed E-state index contributed by atoms with van der Waals surface area (Å²) in [5.74, 6) is 0.329. The standard InChI is InChI=1S/C16H19N3O5S/c1-10(2)6-11-7-12(24-18-11)9-17-25(21,22)13-4-5-15-14(8-13)19(3)16(20)23-15/h4-5,7-8,10,17H,6,9H2,1-3H3. The molecule has 1 N–H and O–H groups in total. The maximum atomic E-state index is 12.5. The quantitative estimate of drug-likeness (QED) is 0.714. The van der Waals surface area contributed by atoms with E-state index in [0.717, 1.165) is 12.1 Å². The van der Waals surface area contributed by atoms with Crippen LogP contribution in [0.5, 0.6) is 0 Å². The molecule has 2 aromatic heterocycles. The average molecular weight is 365 g/mol. The number of fused-ring (bicyclic) bond motifs is 1. The van der Waals surface area contributed by atoms with Crippen molar-refractivity contribution in [2.24, 2.45) is 13.0 Å². The lowest BCUT2D eigenvalue weighted by Crippen LogP contribution is -2.23. The molecule has 0 aliphatic rings. The van der Waals surface area contributed by atoms with E-state index in [9.17, 15) is 13.2 Å². The van der Waals surface area contributed by atoms with Crippen molar-refractivity contribution in [3.05, 3.63) is 46.3 Å². The summed E-state index contributed by atoms with van der Waals surface area (Å²) in [4.78, 5) is 11.5. The molecule has 0 aliphatic carbocycles. The van der Waals surface area contributed by atoms with Crippen LogP contribution in [0, 0.1) is 5.92 Å². The van der Waals surface area contributed by atoms with Gasteiger partial charge < -0.3 is 8.94 Å². The largest absolute Gasteiger partial charge is 0.419 e. The number of nitrogens with one attached hydrogen (secondary N) is 1. The van der Waals surface area contributed by atoms with E-state index in [-0.39, 0.29) is 11.4 Å². The highest BCUT2D eigenvalue weighted by Crippen LogP contribution is 2.18. The van der Waals surface area contributed by atoms with Crippen LogP contribution < -0.4 is 10.5 Å². The molecule has 0 unspecified atom stereocenters. The fourth-order valence-electron chi connectivity index (χ4n) is 2.48. The molecule has 0 amide bonds. The van der Waals surface area contributed by atoms with Crippen LogP contribution in [-0.4, -0.2) is 18.1 Å². The van der Waals surface area contributed by atoms with E-state index in [0.29, 0.717) is 22.8 Å². The summed E-state index contributed by atoms with van der Waals surface area (Å²) in [6.07, 6.45) is 0.765. The molecule has 25 heavy (non-hydrogen) atoms. The molecule has 0 aliphatic heterocycles. The smallest absolute Gasteiger partial charge is 0.408 e. The summed E-state index contributed by atoms with van der Waals surface area (Å²) in [5.41, 5.74) is 1.53. The number of benzene rings is 1. The first-order valence-electron chi connectivity index (χ1n) is 7.80. The topological polar surface area (TPSA) is 107 Å². The van der Waals surface area contributed by atoms with Gasteiger partial charge in [-0.3, -0.25) is 4.57 Å². The molecule has 134 valence electrons. The van der Waals surface area contributed by atoms with Gasteiger partial charge in [0, 0.05) is 13.1 Å². The zero-order valence-electron chi connectivity index (χ0n) is 14.1.